The second-order valence-corrected chi connectivity index (χ2v) is 4.02. The molecule has 1 aromatic rings. The third-order valence-electron chi connectivity index (χ3n) is 2.59. The van der Waals surface area contributed by atoms with Crippen molar-refractivity contribution in [2.75, 3.05) is 0 Å². The number of halogens is 1. The average molecular weight is 194 g/mol. The van der Waals surface area contributed by atoms with Gasteiger partial charge < -0.3 is 4.74 Å². The number of fused-ring (bicyclic) bond motifs is 1. The molecule has 0 amide bonds. The molecule has 1 aromatic carbocycles. The highest BCUT2D eigenvalue weighted by Crippen LogP contribution is 2.35. The highest BCUT2D eigenvalue weighted by molar-refractivity contribution is 5.34. The Morgan fingerprint density at radius 1 is 1.43 bits per heavy atom. The van der Waals surface area contributed by atoms with Crippen LogP contribution >= 0.6 is 0 Å². The van der Waals surface area contributed by atoms with Crippen molar-refractivity contribution in [3.8, 4) is 0 Å². The molecule has 0 fully saturated rings. The van der Waals surface area contributed by atoms with Crippen molar-refractivity contribution in [1.29, 1.82) is 0 Å². The summed E-state index contributed by atoms with van der Waals surface area (Å²) < 4.78 is 19.1. The van der Waals surface area contributed by atoms with Crippen LogP contribution in [0.1, 0.15) is 37.5 Å². The molecule has 1 nitrogen and oxygen atoms in total. The highest BCUT2D eigenvalue weighted by atomic mass is 19.1. The Bertz CT molecular complexity index is 333. The van der Waals surface area contributed by atoms with Gasteiger partial charge in [-0.15, -0.1) is 0 Å². The molecule has 0 N–H and O–H groups in total. The van der Waals surface area contributed by atoms with Gasteiger partial charge in [0.1, 0.15) is 5.82 Å². The first-order valence-electron chi connectivity index (χ1n) is 5.11. The van der Waals surface area contributed by atoms with Gasteiger partial charge in [0, 0.05) is 0 Å². The maximum absolute atomic E-state index is 13.3. The fourth-order valence-corrected chi connectivity index (χ4v) is 2.04. The van der Waals surface area contributed by atoms with Crippen LogP contribution in [0.3, 0.4) is 0 Å². The standard InChI is InChI=1S/C12H15FO/c1-8(2)14-12-7-6-9-10(12)4-3-5-11(9)13/h3-5,8,12H,6-7H2,1-2H3. The number of hydrogen-bond acceptors (Lipinski definition) is 1. The first-order chi connectivity index (χ1) is 6.68. The number of hydrogen-bond donors (Lipinski definition) is 0. The Morgan fingerprint density at radius 2 is 2.21 bits per heavy atom. The van der Waals surface area contributed by atoms with Crippen molar-refractivity contribution >= 4 is 0 Å². The first kappa shape index (κ1) is 9.66. The minimum absolute atomic E-state index is 0.0858. The van der Waals surface area contributed by atoms with E-state index >= 15 is 0 Å². The molecule has 2 rings (SSSR count). The monoisotopic (exact) mass is 194 g/mol. The van der Waals surface area contributed by atoms with E-state index in [2.05, 4.69) is 0 Å². The molecule has 1 unspecified atom stereocenters. The van der Waals surface area contributed by atoms with Gasteiger partial charge >= 0.3 is 0 Å². The van der Waals surface area contributed by atoms with Gasteiger partial charge in [-0.05, 0) is 43.9 Å². The van der Waals surface area contributed by atoms with Gasteiger partial charge in [-0.3, -0.25) is 0 Å². The fourth-order valence-electron chi connectivity index (χ4n) is 2.04. The Hall–Kier alpha value is -0.890. The summed E-state index contributed by atoms with van der Waals surface area (Å²) in [5, 5.41) is 0. The van der Waals surface area contributed by atoms with E-state index in [1.807, 2.05) is 19.9 Å². The van der Waals surface area contributed by atoms with E-state index < -0.39 is 0 Å². The smallest absolute Gasteiger partial charge is 0.126 e. The molecule has 1 aliphatic rings. The van der Waals surface area contributed by atoms with Gasteiger partial charge in [0.2, 0.25) is 0 Å². The zero-order valence-electron chi connectivity index (χ0n) is 8.59. The van der Waals surface area contributed by atoms with Crippen molar-refractivity contribution in [2.24, 2.45) is 0 Å². The molecule has 0 saturated heterocycles. The topological polar surface area (TPSA) is 9.23 Å². The lowest BCUT2D eigenvalue weighted by atomic mass is 10.1. The number of ether oxygens (including phenoxy) is 1. The van der Waals surface area contributed by atoms with Crippen LogP contribution in [0.2, 0.25) is 0 Å². The molecule has 0 radical (unpaired) electrons. The van der Waals surface area contributed by atoms with Gasteiger partial charge in [0.05, 0.1) is 12.2 Å². The van der Waals surface area contributed by atoms with E-state index in [4.69, 9.17) is 4.74 Å². The van der Waals surface area contributed by atoms with E-state index in [-0.39, 0.29) is 18.0 Å². The van der Waals surface area contributed by atoms with Gasteiger partial charge in [-0.25, -0.2) is 4.39 Å². The first-order valence-corrected chi connectivity index (χ1v) is 5.11. The summed E-state index contributed by atoms with van der Waals surface area (Å²) in [6.07, 6.45) is 2.02. The second kappa shape index (κ2) is 3.70. The van der Waals surface area contributed by atoms with Gasteiger partial charge in [0.15, 0.2) is 0 Å². The second-order valence-electron chi connectivity index (χ2n) is 4.02. The molecule has 14 heavy (non-hydrogen) atoms. The van der Waals surface area contributed by atoms with Gasteiger partial charge in [-0.2, -0.15) is 0 Å². The summed E-state index contributed by atoms with van der Waals surface area (Å²) in [7, 11) is 0. The van der Waals surface area contributed by atoms with Crippen LogP contribution in [0.5, 0.6) is 0 Å². The Kier molecular flexibility index (Phi) is 2.55. The third-order valence-corrected chi connectivity index (χ3v) is 2.59. The molecule has 0 spiro atoms. The molecule has 0 aromatic heterocycles. The largest absolute Gasteiger partial charge is 0.371 e. The average Bonchev–Trinajstić information content (AvgIpc) is 2.49. The summed E-state index contributed by atoms with van der Waals surface area (Å²) >= 11 is 0. The third kappa shape index (κ3) is 1.67. The minimum atomic E-state index is -0.0858. The van der Waals surface area contributed by atoms with Crippen LogP contribution in [0.25, 0.3) is 0 Å². The van der Waals surface area contributed by atoms with Gasteiger partial charge in [-0.1, -0.05) is 12.1 Å². The maximum Gasteiger partial charge on any atom is 0.126 e. The summed E-state index contributed by atoms with van der Waals surface area (Å²) in [6, 6.07) is 5.26. The highest BCUT2D eigenvalue weighted by Gasteiger charge is 2.25. The van der Waals surface area contributed by atoms with Crippen LogP contribution < -0.4 is 0 Å². The molecule has 76 valence electrons. The van der Waals surface area contributed by atoms with Gasteiger partial charge in [0.25, 0.3) is 0 Å². The zero-order valence-corrected chi connectivity index (χ0v) is 8.59. The summed E-state index contributed by atoms with van der Waals surface area (Å²) in [6.45, 7) is 4.02. The number of rotatable bonds is 2. The Labute approximate surface area is 83.9 Å². The van der Waals surface area contributed by atoms with Crippen molar-refractivity contribution in [2.45, 2.75) is 38.9 Å². The molecule has 0 saturated carbocycles. The summed E-state index contributed by atoms with van der Waals surface area (Å²) in [5.41, 5.74) is 1.89. The lowest BCUT2D eigenvalue weighted by Crippen LogP contribution is -2.07. The van der Waals surface area contributed by atoms with Crippen LogP contribution in [0, 0.1) is 5.82 Å². The lowest BCUT2D eigenvalue weighted by Gasteiger charge is -2.16. The molecule has 0 heterocycles. The van der Waals surface area contributed by atoms with Crippen molar-refractivity contribution < 1.29 is 9.13 Å². The fraction of sp³-hybridized carbons (Fsp3) is 0.500. The predicted octanol–water partition coefficient (Wildman–Crippen LogP) is 3.24. The maximum atomic E-state index is 13.3. The molecule has 1 atom stereocenters. The molecular weight excluding hydrogens is 179 g/mol. The molecular formula is C12H15FO. The normalized spacial score (nSPS) is 20.1. The van der Waals surface area contributed by atoms with Crippen molar-refractivity contribution in [3.05, 3.63) is 35.1 Å². The van der Waals surface area contributed by atoms with Crippen LogP contribution in [0.4, 0.5) is 4.39 Å². The SMILES string of the molecule is CC(C)OC1CCc2c(F)cccc21. The van der Waals surface area contributed by atoms with E-state index in [1.165, 1.54) is 6.07 Å². The minimum Gasteiger partial charge on any atom is -0.371 e. The molecule has 0 aliphatic heterocycles. The molecule has 0 bridgehead atoms. The number of benzene rings is 1. The van der Waals surface area contributed by atoms with E-state index in [0.29, 0.717) is 0 Å². The summed E-state index contributed by atoms with van der Waals surface area (Å²) in [4.78, 5) is 0. The summed E-state index contributed by atoms with van der Waals surface area (Å²) in [5.74, 6) is -0.0858. The van der Waals surface area contributed by atoms with E-state index in [9.17, 15) is 4.39 Å². The predicted molar refractivity (Wildman–Crippen MR) is 53.7 cm³/mol. The Balaban J connectivity index is 2.26. The zero-order chi connectivity index (χ0) is 10.1. The quantitative estimate of drug-likeness (QED) is 0.702. The molecule has 2 heteroatoms. The van der Waals surface area contributed by atoms with Crippen molar-refractivity contribution in [3.63, 3.8) is 0 Å². The van der Waals surface area contributed by atoms with Crippen LogP contribution in [0.15, 0.2) is 18.2 Å². The van der Waals surface area contributed by atoms with E-state index in [0.717, 1.165) is 24.0 Å². The van der Waals surface area contributed by atoms with Crippen LogP contribution in [-0.2, 0) is 11.2 Å². The lowest BCUT2D eigenvalue weighted by molar-refractivity contribution is 0.00789. The van der Waals surface area contributed by atoms with Crippen LogP contribution in [-0.4, -0.2) is 6.10 Å². The molecule has 1 aliphatic carbocycles. The van der Waals surface area contributed by atoms with E-state index in [1.54, 1.807) is 6.07 Å². The van der Waals surface area contributed by atoms with Crippen molar-refractivity contribution in [1.82, 2.24) is 0 Å². The Morgan fingerprint density at radius 3 is 2.93 bits per heavy atom.